The fraction of sp³-hybridized carbons (Fsp3) is 0.533. The van der Waals surface area contributed by atoms with Gasteiger partial charge in [-0.3, -0.25) is 4.79 Å². The van der Waals surface area contributed by atoms with E-state index >= 15 is 0 Å². The van der Waals surface area contributed by atoms with Crippen LogP contribution in [0.2, 0.25) is 5.02 Å². The summed E-state index contributed by atoms with van der Waals surface area (Å²) >= 11 is 6.13. The van der Waals surface area contributed by atoms with E-state index in [2.05, 4.69) is 5.32 Å². The van der Waals surface area contributed by atoms with Crippen LogP contribution in [0.1, 0.15) is 25.5 Å². The third-order valence-electron chi connectivity index (χ3n) is 3.68. The molecule has 1 aliphatic rings. The van der Waals surface area contributed by atoms with Crippen LogP contribution in [0, 0.1) is 5.92 Å². The zero-order valence-corrected chi connectivity index (χ0v) is 13.4. The summed E-state index contributed by atoms with van der Waals surface area (Å²) in [5, 5.41) is 13.3. The molecule has 0 saturated carbocycles. The molecular weight excluding hydrogens is 308 g/mol. The lowest BCUT2D eigenvalue weighted by Gasteiger charge is -2.22. The summed E-state index contributed by atoms with van der Waals surface area (Å²) in [4.78, 5) is 11.8. The lowest BCUT2D eigenvalue weighted by atomic mass is 10.0. The van der Waals surface area contributed by atoms with Gasteiger partial charge in [0, 0.05) is 18.5 Å². The Balaban J connectivity index is 2.02. The molecule has 3 atom stereocenters. The molecule has 1 aromatic carbocycles. The Morgan fingerprint density at radius 3 is 2.77 bits per heavy atom. The number of halogens is 1. The largest absolute Gasteiger partial charge is 0.486 e. The summed E-state index contributed by atoms with van der Waals surface area (Å²) in [5.74, 6) is 0.468. The van der Waals surface area contributed by atoms with Crippen molar-refractivity contribution in [2.75, 3.05) is 19.8 Å². The van der Waals surface area contributed by atoms with Crippen molar-refractivity contribution in [3.8, 4) is 11.5 Å². The van der Waals surface area contributed by atoms with Crippen LogP contribution in [0.3, 0.4) is 0 Å². The van der Waals surface area contributed by atoms with Gasteiger partial charge in [0.05, 0.1) is 11.1 Å². The number of amides is 1. The molecule has 4 N–H and O–H groups in total. The van der Waals surface area contributed by atoms with E-state index in [1.54, 1.807) is 26.0 Å². The highest BCUT2D eigenvalue weighted by atomic mass is 35.5. The third kappa shape index (κ3) is 3.82. The van der Waals surface area contributed by atoms with Crippen molar-refractivity contribution in [1.29, 1.82) is 0 Å². The van der Waals surface area contributed by atoms with Gasteiger partial charge >= 0.3 is 0 Å². The number of nitrogens with two attached hydrogens (primary N) is 1. The van der Waals surface area contributed by atoms with E-state index in [9.17, 15) is 9.90 Å². The highest BCUT2D eigenvalue weighted by molar-refractivity contribution is 6.32. The minimum absolute atomic E-state index is 0.0753. The Labute approximate surface area is 134 Å². The van der Waals surface area contributed by atoms with Gasteiger partial charge in [-0.1, -0.05) is 18.5 Å². The Hall–Kier alpha value is -1.50. The topological polar surface area (TPSA) is 93.8 Å². The van der Waals surface area contributed by atoms with Crippen molar-refractivity contribution >= 4 is 17.5 Å². The molecule has 1 amide bonds. The molecule has 7 heteroatoms. The van der Waals surface area contributed by atoms with Crippen molar-refractivity contribution in [3.05, 3.63) is 22.7 Å². The molecule has 1 aromatic rings. The Morgan fingerprint density at radius 1 is 1.41 bits per heavy atom. The number of aliphatic hydroxyl groups is 1. The van der Waals surface area contributed by atoms with Crippen molar-refractivity contribution in [2.24, 2.45) is 11.7 Å². The first-order valence-electron chi connectivity index (χ1n) is 7.20. The summed E-state index contributed by atoms with van der Waals surface area (Å²) in [5.41, 5.74) is 6.24. The quantitative estimate of drug-likeness (QED) is 0.756. The summed E-state index contributed by atoms with van der Waals surface area (Å²) in [6.07, 6.45) is -0.891. The van der Waals surface area contributed by atoms with Crippen LogP contribution in [-0.4, -0.2) is 36.8 Å². The maximum absolute atomic E-state index is 11.8. The molecule has 0 radical (unpaired) electrons. The highest BCUT2D eigenvalue weighted by Crippen LogP contribution is 2.39. The molecule has 0 bridgehead atoms. The smallest absolute Gasteiger partial charge is 0.224 e. The summed E-state index contributed by atoms with van der Waals surface area (Å²) in [6, 6.07) is 3.04. The molecule has 122 valence electrons. The lowest BCUT2D eigenvalue weighted by molar-refractivity contribution is -0.125. The standard InChI is InChI=1S/C15H21ClN2O4/c1-8(9(2)17)15(20)18-7-12(19)10-5-11(16)14-13(6-10)21-3-4-22-14/h5-6,8-9,12,19H,3-4,7,17H2,1-2H3,(H,18,20). The Kier molecular flexibility index (Phi) is 5.50. The van der Waals surface area contributed by atoms with Gasteiger partial charge in [0.15, 0.2) is 11.5 Å². The van der Waals surface area contributed by atoms with Crippen LogP contribution in [0.4, 0.5) is 0 Å². The van der Waals surface area contributed by atoms with E-state index in [4.69, 9.17) is 26.8 Å². The van der Waals surface area contributed by atoms with Crippen LogP contribution < -0.4 is 20.5 Å². The van der Waals surface area contributed by atoms with Gasteiger partial charge in [-0.05, 0) is 24.6 Å². The molecular formula is C15H21ClN2O4. The number of hydrogen-bond donors (Lipinski definition) is 3. The fourth-order valence-corrected chi connectivity index (χ4v) is 2.31. The second kappa shape index (κ2) is 7.17. The van der Waals surface area contributed by atoms with E-state index in [1.807, 2.05) is 0 Å². The Morgan fingerprint density at radius 2 is 2.09 bits per heavy atom. The van der Waals surface area contributed by atoms with Crippen LogP contribution >= 0.6 is 11.6 Å². The number of fused-ring (bicyclic) bond motifs is 1. The number of rotatable bonds is 5. The average Bonchev–Trinajstić information content (AvgIpc) is 2.51. The number of nitrogens with one attached hydrogen (secondary N) is 1. The van der Waals surface area contributed by atoms with Crippen molar-refractivity contribution in [1.82, 2.24) is 5.32 Å². The van der Waals surface area contributed by atoms with Crippen LogP contribution in [-0.2, 0) is 4.79 Å². The summed E-state index contributed by atoms with van der Waals surface area (Å²) in [7, 11) is 0. The number of carbonyl (C=O) groups excluding carboxylic acids is 1. The zero-order valence-electron chi connectivity index (χ0n) is 12.6. The lowest BCUT2D eigenvalue weighted by Crippen LogP contribution is -2.40. The summed E-state index contributed by atoms with van der Waals surface area (Å²) < 4.78 is 10.9. The molecule has 3 unspecified atom stereocenters. The van der Waals surface area contributed by atoms with Gasteiger partial charge < -0.3 is 25.6 Å². The third-order valence-corrected chi connectivity index (χ3v) is 3.96. The molecule has 6 nitrogen and oxygen atoms in total. The van der Waals surface area contributed by atoms with Gasteiger partial charge in [0.25, 0.3) is 0 Å². The van der Waals surface area contributed by atoms with Gasteiger partial charge in [0.1, 0.15) is 13.2 Å². The number of hydrogen-bond acceptors (Lipinski definition) is 5. The number of benzene rings is 1. The predicted molar refractivity (Wildman–Crippen MR) is 83.2 cm³/mol. The van der Waals surface area contributed by atoms with Gasteiger partial charge in [-0.25, -0.2) is 0 Å². The Bertz CT molecular complexity index is 551. The molecule has 0 aromatic heterocycles. The molecule has 1 heterocycles. The van der Waals surface area contributed by atoms with Gasteiger partial charge in [-0.15, -0.1) is 0 Å². The molecule has 2 rings (SSSR count). The van der Waals surface area contributed by atoms with E-state index < -0.39 is 6.10 Å². The van der Waals surface area contributed by atoms with E-state index in [0.717, 1.165) is 0 Å². The number of aliphatic hydroxyl groups excluding tert-OH is 1. The van der Waals surface area contributed by atoms with Crippen molar-refractivity contribution < 1.29 is 19.4 Å². The van der Waals surface area contributed by atoms with Gasteiger partial charge in [0.2, 0.25) is 5.91 Å². The maximum Gasteiger partial charge on any atom is 0.224 e. The fourth-order valence-electron chi connectivity index (χ4n) is 2.04. The first-order valence-corrected chi connectivity index (χ1v) is 7.58. The molecule has 1 aliphatic heterocycles. The molecule has 22 heavy (non-hydrogen) atoms. The van der Waals surface area contributed by atoms with Gasteiger partial charge in [-0.2, -0.15) is 0 Å². The maximum atomic E-state index is 11.8. The minimum atomic E-state index is -0.891. The molecule has 0 saturated heterocycles. The SMILES string of the molecule is CC(N)C(C)C(=O)NCC(O)c1cc(Cl)c2c(c1)OCCO2. The molecule has 0 spiro atoms. The van der Waals surface area contributed by atoms with E-state index in [1.165, 1.54) is 0 Å². The highest BCUT2D eigenvalue weighted by Gasteiger charge is 2.21. The van der Waals surface area contributed by atoms with Crippen LogP contribution in [0.5, 0.6) is 11.5 Å². The second-order valence-electron chi connectivity index (χ2n) is 5.44. The van der Waals surface area contributed by atoms with Crippen LogP contribution in [0.25, 0.3) is 0 Å². The first kappa shape index (κ1) is 16.9. The minimum Gasteiger partial charge on any atom is -0.486 e. The monoisotopic (exact) mass is 328 g/mol. The molecule has 0 fully saturated rings. The van der Waals surface area contributed by atoms with E-state index in [0.29, 0.717) is 35.3 Å². The van der Waals surface area contributed by atoms with Crippen molar-refractivity contribution in [2.45, 2.75) is 26.0 Å². The van der Waals surface area contributed by atoms with E-state index in [-0.39, 0.29) is 24.4 Å². The number of ether oxygens (including phenoxy) is 2. The second-order valence-corrected chi connectivity index (χ2v) is 5.84. The van der Waals surface area contributed by atoms with Crippen molar-refractivity contribution in [3.63, 3.8) is 0 Å². The van der Waals surface area contributed by atoms with Crippen LogP contribution in [0.15, 0.2) is 12.1 Å². The number of carbonyl (C=O) groups is 1. The average molecular weight is 329 g/mol. The normalized spacial score (nSPS) is 17.5. The zero-order chi connectivity index (χ0) is 16.3. The molecule has 0 aliphatic carbocycles. The predicted octanol–water partition coefficient (Wildman–Crippen LogP) is 1.24. The summed E-state index contributed by atoms with van der Waals surface area (Å²) in [6.45, 7) is 4.46. The first-order chi connectivity index (χ1) is 10.4.